The van der Waals surface area contributed by atoms with E-state index in [9.17, 15) is 9.90 Å². The van der Waals surface area contributed by atoms with Gasteiger partial charge in [-0.15, -0.1) is 0 Å². The molecule has 21 heavy (non-hydrogen) atoms. The van der Waals surface area contributed by atoms with E-state index in [-0.39, 0.29) is 5.91 Å². The quantitative estimate of drug-likeness (QED) is 0.893. The Hall–Kier alpha value is -1.35. The topological polar surface area (TPSA) is 49.3 Å². The predicted octanol–water partition coefficient (Wildman–Crippen LogP) is 3.36. The minimum atomic E-state index is -0.722. The summed E-state index contributed by atoms with van der Waals surface area (Å²) in [5.74, 6) is 0.647. The minimum Gasteiger partial charge on any atom is -0.388 e. The number of nitrogens with one attached hydrogen (secondary N) is 1. The number of carbonyl (C=O) groups is 1. The van der Waals surface area contributed by atoms with Gasteiger partial charge in [0.05, 0.1) is 5.60 Å². The molecule has 0 bridgehead atoms. The summed E-state index contributed by atoms with van der Waals surface area (Å²) in [6.07, 6.45) is 4.89. The molecular formula is C18H27NO2. The van der Waals surface area contributed by atoms with E-state index in [4.69, 9.17) is 0 Å². The van der Waals surface area contributed by atoms with Crippen LogP contribution in [0.15, 0.2) is 18.2 Å². The molecule has 0 atom stereocenters. The number of rotatable bonds is 4. The molecule has 0 radical (unpaired) electrons. The van der Waals surface area contributed by atoms with Crippen molar-refractivity contribution in [3.05, 3.63) is 34.9 Å². The van der Waals surface area contributed by atoms with E-state index >= 15 is 0 Å². The van der Waals surface area contributed by atoms with Gasteiger partial charge >= 0.3 is 0 Å². The molecule has 0 unspecified atom stereocenters. The van der Waals surface area contributed by atoms with Gasteiger partial charge in [0.15, 0.2) is 0 Å². The third-order valence-electron chi connectivity index (χ3n) is 4.68. The molecule has 1 aromatic carbocycles. The molecule has 3 nitrogen and oxygen atoms in total. The van der Waals surface area contributed by atoms with Crippen molar-refractivity contribution in [1.82, 2.24) is 5.32 Å². The molecule has 1 amide bonds. The van der Waals surface area contributed by atoms with E-state index in [1.54, 1.807) is 0 Å². The molecule has 0 heterocycles. The van der Waals surface area contributed by atoms with Gasteiger partial charge in [-0.25, -0.2) is 0 Å². The van der Waals surface area contributed by atoms with E-state index in [1.165, 1.54) is 6.42 Å². The lowest BCUT2D eigenvalue weighted by Gasteiger charge is -2.35. The fourth-order valence-corrected chi connectivity index (χ4v) is 3.25. The van der Waals surface area contributed by atoms with Gasteiger partial charge in [0, 0.05) is 12.1 Å². The van der Waals surface area contributed by atoms with Crippen molar-refractivity contribution >= 4 is 5.91 Å². The van der Waals surface area contributed by atoms with Crippen molar-refractivity contribution in [2.24, 2.45) is 5.92 Å². The van der Waals surface area contributed by atoms with Crippen LogP contribution in [0.3, 0.4) is 0 Å². The second-order valence-electron chi connectivity index (χ2n) is 6.64. The third-order valence-corrected chi connectivity index (χ3v) is 4.68. The molecule has 1 aromatic rings. The van der Waals surface area contributed by atoms with Crippen LogP contribution in [0.5, 0.6) is 0 Å². The van der Waals surface area contributed by atoms with Crippen LogP contribution in [0, 0.1) is 19.8 Å². The maximum Gasteiger partial charge on any atom is 0.251 e. The highest BCUT2D eigenvalue weighted by Gasteiger charge is 2.32. The van der Waals surface area contributed by atoms with Crippen molar-refractivity contribution in [1.29, 1.82) is 0 Å². The fourth-order valence-electron chi connectivity index (χ4n) is 3.25. The van der Waals surface area contributed by atoms with Crippen LogP contribution < -0.4 is 5.32 Å². The molecule has 0 aromatic heterocycles. The van der Waals surface area contributed by atoms with Crippen LogP contribution in [0.25, 0.3) is 0 Å². The molecule has 1 aliphatic carbocycles. The third kappa shape index (κ3) is 4.31. The number of hydrogen-bond donors (Lipinski definition) is 2. The maximum atomic E-state index is 12.2. The average molecular weight is 289 g/mol. The summed E-state index contributed by atoms with van der Waals surface area (Å²) in [7, 11) is 0. The van der Waals surface area contributed by atoms with Crippen LogP contribution in [0.4, 0.5) is 0 Å². The number of hydrogen-bond acceptors (Lipinski definition) is 2. The second-order valence-corrected chi connectivity index (χ2v) is 6.64. The molecular weight excluding hydrogens is 262 g/mol. The Morgan fingerprint density at radius 1 is 1.24 bits per heavy atom. The molecule has 3 heteroatoms. The highest BCUT2D eigenvalue weighted by molar-refractivity contribution is 5.94. The molecule has 1 aliphatic rings. The Bertz CT molecular complexity index is 482. The van der Waals surface area contributed by atoms with Gasteiger partial charge in [-0.2, -0.15) is 0 Å². The van der Waals surface area contributed by atoms with Crippen molar-refractivity contribution in [3.63, 3.8) is 0 Å². The summed E-state index contributed by atoms with van der Waals surface area (Å²) >= 11 is 0. The smallest absolute Gasteiger partial charge is 0.251 e. The van der Waals surface area contributed by atoms with Crippen LogP contribution in [-0.4, -0.2) is 23.2 Å². The standard InChI is InChI=1S/C18H27NO2/c1-4-15-5-7-18(21,8-6-15)12-19-17(20)16-10-13(2)9-14(3)11-16/h9-11,15,21H,4-8,12H2,1-3H3,(H,19,20). The minimum absolute atomic E-state index is 0.0900. The fraction of sp³-hybridized carbons (Fsp3) is 0.611. The predicted molar refractivity (Wildman–Crippen MR) is 85.4 cm³/mol. The average Bonchev–Trinajstić information content (AvgIpc) is 2.45. The van der Waals surface area contributed by atoms with Crippen molar-refractivity contribution in [2.45, 2.75) is 58.5 Å². The van der Waals surface area contributed by atoms with Gasteiger partial charge in [0.25, 0.3) is 5.91 Å². The summed E-state index contributed by atoms with van der Waals surface area (Å²) in [6.45, 7) is 6.54. The first-order chi connectivity index (χ1) is 9.92. The van der Waals surface area contributed by atoms with E-state index in [1.807, 2.05) is 26.0 Å². The zero-order valence-electron chi connectivity index (χ0n) is 13.4. The maximum absolute atomic E-state index is 12.2. The summed E-state index contributed by atoms with van der Waals surface area (Å²) in [6, 6.07) is 5.83. The van der Waals surface area contributed by atoms with E-state index < -0.39 is 5.60 Å². The molecule has 1 saturated carbocycles. The van der Waals surface area contributed by atoms with E-state index in [0.717, 1.165) is 42.7 Å². The van der Waals surface area contributed by atoms with Gasteiger partial charge in [0.2, 0.25) is 0 Å². The zero-order chi connectivity index (χ0) is 15.5. The number of aryl methyl sites for hydroxylation is 2. The summed E-state index contributed by atoms with van der Waals surface area (Å²) < 4.78 is 0. The first kappa shape index (κ1) is 16.0. The number of amides is 1. The molecule has 0 saturated heterocycles. The first-order valence-corrected chi connectivity index (χ1v) is 8.01. The summed E-state index contributed by atoms with van der Waals surface area (Å²) in [5, 5.41) is 13.5. The lowest BCUT2D eigenvalue weighted by molar-refractivity contribution is -0.00786. The molecule has 116 valence electrons. The number of carbonyl (C=O) groups excluding carboxylic acids is 1. The molecule has 2 N–H and O–H groups in total. The SMILES string of the molecule is CCC1CCC(O)(CNC(=O)c2cc(C)cc(C)c2)CC1. The van der Waals surface area contributed by atoms with Crippen LogP contribution in [0.2, 0.25) is 0 Å². The Labute approximate surface area is 127 Å². The van der Waals surface area contributed by atoms with Crippen LogP contribution in [0.1, 0.15) is 60.5 Å². The zero-order valence-corrected chi connectivity index (χ0v) is 13.4. The first-order valence-electron chi connectivity index (χ1n) is 8.01. The highest BCUT2D eigenvalue weighted by Crippen LogP contribution is 2.33. The van der Waals surface area contributed by atoms with E-state index in [2.05, 4.69) is 18.3 Å². The van der Waals surface area contributed by atoms with Gasteiger partial charge in [0.1, 0.15) is 0 Å². The largest absolute Gasteiger partial charge is 0.388 e. The second kappa shape index (κ2) is 6.61. The summed E-state index contributed by atoms with van der Waals surface area (Å²) in [5.41, 5.74) is 2.13. The lowest BCUT2D eigenvalue weighted by atomic mass is 9.78. The molecule has 0 spiro atoms. The van der Waals surface area contributed by atoms with Crippen molar-refractivity contribution < 1.29 is 9.90 Å². The van der Waals surface area contributed by atoms with Gasteiger partial charge in [-0.1, -0.05) is 30.5 Å². The van der Waals surface area contributed by atoms with Gasteiger partial charge in [-0.3, -0.25) is 4.79 Å². The van der Waals surface area contributed by atoms with Crippen LogP contribution >= 0.6 is 0 Å². The lowest BCUT2D eigenvalue weighted by Crippen LogP contribution is -2.45. The molecule has 0 aliphatic heterocycles. The number of aliphatic hydroxyl groups is 1. The summed E-state index contributed by atoms with van der Waals surface area (Å²) in [4.78, 5) is 12.2. The Kier molecular flexibility index (Phi) is 5.04. The van der Waals surface area contributed by atoms with Crippen LogP contribution in [-0.2, 0) is 0 Å². The Morgan fingerprint density at radius 3 is 2.33 bits per heavy atom. The van der Waals surface area contributed by atoms with Crippen molar-refractivity contribution in [3.8, 4) is 0 Å². The van der Waals surface area contributed by atoms with Gasteiger partial charge < -0.3 is 10.4 Å². The number of benzene rings is 1. The molecule has 1 fully saturated rings. The van der Waals surface area contributed by atoms with E-state index in [0.29, 0.717) is 12.1 Å². The normalized spacial score (nSPS) is 25.6. The Morgan fingerprint density at radius 2 is 1.81 bits per heavy atom. The van der Waals surface area contributed by atoms with Gasteiger partial charge in [-0.05, 0) is 57.6 Å². The van der Waals surface area contributed by atoms with Crippen molar-refractivity contribution in [2.75, 3.05) is 6.54 Å². The Balaban J connectivity index is 1.92. The highest BCUT2D eigenvalue weighted by atomic mass is 16.3. The monoisotopic (exact) mass is 289 g/mol. The molecule has 2 rings (SSSR count).